The maximum Gasteiger partial charge on any atom is 0.341 e. The van der Waals surface area contributed by atoms with Crippen LogP contribution in [-0.4, -0.2) is 67.3 Å². The minimum absolute atomic E-state index is 0.0728. The van der Waals surface area contributed by atoms with Gasteiger partial charge in [-0.3, -0.25) is 14.6 Å². The number of hydrogen-bond donors (Lipinski definition) is 1. The summed E-state index contributed by atoms with van der Waals surface area (Å²) in [6, 6.07) is 5.81. The van der Waals surface area contributed by atoms with E-state index in [1.165, 1.54) is 10.4 Å². The summed E-state index contributed by atoms with van der Waals surface area (Å²) in [5, 5.41) is 3.74. The highest BCUT2D eigenvalue weighted by atomic mass is 32.1. The molecule has 0 bridgehead atoms. The van der Waals surface area contributed by atoms with Crippen molar-refractivity contribution in [3.8, 4) is 11.5 Å². The summed E-state index contributed by atoms with van der Waals surface area (Å²) in [6.45, 7) is 10.8. The summed E-state index contributed by atoms with van der Waals surface area (Å²) in [5.41, 5.74) is 2.83. The first kappa shape index (κ1) is 25.0. The fourth-order valence-corrected chi connectivity index (χ4v) is 6.65. The molecular formula is C27H35N3O5S. The Hall–Kier alpha value is -2.62. The zero-order valence-electron chi connectivity index (χ0n) is 21.3. The molecule has 0 unspecified atom stereocenters. The topological polar surface area (TPSA) is 80.3 Å². The second kappa shape index (κ2) is 10.8. The molecule has 1 aromatic heterocycles. The number of nitrogens with one attached hydrogen (secondary N) is 1. The van der Waals surface area contributed by atoms with Crippen LogP contribution in [-0.2, 0) is 28.9 Å². The van der Waals surface area contributed by atoms with Gasteiger partial charge in [0, 0.05) is 37.6 Å². The molecule has 8 nitrogen and oxygen atoms in total. The largest absolute Gasteiger partial charge is 0.462 e. The summed E-state index contributed by atoms with van der Waals surface area (Å²) < 4.78 is 16.3. The standard InChI is InChI=1S/C27H35N3O5S/c1-4-33-27(32)24-20-7-5-17(2)13-23(20)36-26(24)28-25(31)18(3)30-11-9-29(10-12-30)15-19-6-8-21-22(14-19)35-16-34-21/h6,8,14,17-18H,4-5,7,9-13,15-16H2,1-3H3,(H,28,31)/t17-,18-/m1/s1. The monoisotopic (exact) mass is 513 g/mol. The average Bonchev–Trinajstić information content (AvgIpc) is 3.47. The molecule has 1 aliphatic carbocycles. The summed E-state index contributed by atoms with van der Waals surface area (Å²) in [4.78, 5) is 31.9. The van der Waals surface area contributed by atoms with E-state index in [1.54, 1.807) is 11.3 Å². The maximum atomic E-state index is 13.3. The Morgan fingerprint density at radius 1 is 1.19 bits per heavy atom. The Labute approximate surface area is 216 Å². The first-order valence-corrected chi connectivity index (χ1v) is 13.7. The van der Waals surface area contributed by atoms with Crippen molar-refractivity contribution in [1.29, 1.82) is 0 Å². The number of hydrogen-bond acceptors (Lipinski definition) is 8. The van der Waals surface area contributed by atoms with E-state index in [0.29, 0.717) is 23.1 Å². The van der Waals surface area contributed by atoms with Gasteiger partial charge in [0.05, 0.1) is 18.2 Å². The molecule has 36 heavy (non-hydrogen) atoms. The van der Waals surface area contributed by atoms with Crippen LogP contribution in [0, 0.1) is 5.92 Å². The number of carbonyl (C=O) groups is 2. The van der Waals surface area contributed by atoms with Gasteiger partial charge < -0.3 is 19.5 Å². The van der Waals surface area contributed by atoms with Crippen LogP contribution in [0.1, 0.15) is 53.6 Å². The number of thiophene rings is 1. The second-order valence-corrected chi connectivity index (χ2v) is 11.0. The molecule has 0 radical (unpaired) electrons. The number of ether oxygens (including phenoxy) is 3. The second-order valence-electron chi connectivity index (χ2n) is 9.94. The van der Waals surface area contributed by atoms with Gasteiger partial charge in [-0.1, -0.05) is 13.0 Å². The number of rotatable bonds is 7. The number of nitrogens with zero attached hydrogens (tertiary/aromatic N) is 2. The van der Waals surface area contributed by atoms with E-state index in [0.717, 1.165) is 69.0 Å². The molecule has 3 heterocycles. The summed E-state index contributed by atoms with van der Waals surface area (Å²) in [7, 11) is 0. The lowest BCUT2D eigenvalue weighted by Crippen LogP contribution is -2.52. The number of piperazine rings is 1. The van der Waals surface area contributed by atoms with Crippen LogP contribution in [0.25, 0.3) is 0 Å². The Morgan fingerprint density at radius 3 is 2.75 bits per heavy atom. The predicted octanol–water partition coefficient (Wildman–Crippen LogP) is 3.92. The molecule has 5 rings (SSSR count). The van der Waals surface area contributed by atoms with Crippen LogP contribution in [0.15, 0.2) is 18.2 Å². The van der Waals surface area contributed by atoms with Crippen molar-refractivity contribution < 1.29 is 23.8 Å². The van der Waals surface area contributed by atoms with E-state index in [9.17, 15) is 9.59 Å². The van der Waals surface area contributed by atoms with Crippen LogP contribution in [0.2, 0.25) is 0 Å². The van der Waals surface area contributed by atoms with E-state index in [4.69, 9.17) is 14.2 Å². The lowest BCUT2D eigenvalue weighted by molar-refractivity contribution is -0.121. The van der Waals surface area contributed by atoms with Gasteiger partial charge in [-0.25, -0.2) is 4.79 Å². The first-order valence-electron chi connectivity index (χ1n) is 12.9. The van der Waals surface area contributed by atoms with Crippen LogP contribution >= 0.6 is 11.3 Å². The molecule has 1 aromatic carbocycles. The van der Waals surface area contributed by atoms with Crippen molar-refractivity contribution in [1.82, 2.24) is 9.80 Å². The number of amides is 1. The van der Waals surface area contributed by atoms with Crippen molar-refractivity contribution in [3.63, 3.8) is 0 Å². The molecule has 0 saturated carbocycles. The molecule has 1 saturated heterocycles. The molecule has 1 N–H and O–H groups in total. The van der Waals surface area contributed by atoms with Gasteiger partial charge in [-0.15, -0.1) is 11.3 Å². The third-order valence-corrected chi connectivity index (χ3v) is 8.57. The van der Waals surface area contributed by atoms with Crippen molar-refractivity contribution in [2.24, 2.45) is 5.92 Å². The van der Waals surface area contributed by atoms with E-state index in [-0.39, 0.29) is 24.7 Å². The van der Waals surface area contributed by atoms with E-state index in [1.807, 2.05) is 26.0 Å². The SMILES string of the molecule is CCOC(=O)c1c(NC(=O)[C@@H](C)N2CCN(Cc3ccc4c(c3)OCO4)CC2)sc2c1CC[C@@H](C)C2. The molecular weight excluding hydrogens is 478 g/mol. The lowest BCUT2D eigenvalue weighted by Gasteiger charge is -2.37. The number of benzene rings is 1. The quantitative estimate of drug-likeness (QED) is 0.562. The third kappa shape index (κ3) is 5.23. The number of fused-ring (bicyclic) bond motifs is 2. The minimum Gasteiger partial charge on any atom is -0.462 e. The van der Waals surface area contributed by atoms with Crippen molar-refractivity contribution in [2.75, 3.05) is 44.9 Å². The molecule has 3 aliphatic rings. The zero-order chi connectivity index (χ0) is 25.2. The van der Waals surface area contributed by atoms with Gasteiger partial charge in [0.25, 0.3) is 0 Å². The smallest absolute Gasteiger partial charge is 0.341 e. The highest BCUT2D eigenvalue weighted by Gasteiger charge is 2.31. The van der Waals surface area contributed by atoms with E-state index in [2.05, 4.69) is 28.1 Å². The fraction of sp³-hybridized carbons (Fsp3) is 0.556. The van der Waals surface area contributed by atoms with Gasteiger partial charge in [0.2, 0.25) is 12.7 Å². The summed E-state index contributed by atoms with van der Waals surface area (Å²) >= 11 is 1.54. The third-order valence-electron chi connectivity index (χ3n) is 7.41. The maximum absolute atomic E-state index is 13.3. The van der Waals surface area contributed by atoms with Gasteiger partial charge in [-0.2, -0.15) is 0 Å². The van der Waals surface area contributed by atoms with Gasteiger partial charge >= 0.3 is 5.97 Å². The molecule has 1 amide bonds. The van der Waals surface area contributed by atoms with E-state index < -0.39 is 0 Å². The highest BCUT2D eigenvalue weighted by molar-refractivity contribution is 7.17. The Morgan fingerprint density at radius 2 is 1.97 bits per heavy atom. The van der Waals surface area contributed by atoms with Crippen LogP contribution in [0.5, 0.6) is 11.5 Å². The Balaban J connectivity index is 1.20. The summed E-state index contributed by atoms with van der Waals surface area (Å²) in [5.74, 6) is 1.79. The van der Waals surface area contributed by atoms with E-state index >= 15 is 0 Å². The van der Waals surface area contributed by atoms with Gasteiger partial charge in [-0.05, 0) is 62.3 Å². The van der Waals surface area contributed by atoms with Crippen LogP contribution in [0.4, 0.5) is 5.00 Å². The molecule has 0 spiro atoms. The fourth-order valence-electron chi connectivity index (χ4n) is 5.25. The minimum atomic E-state index is -0.329. The normalized spacial score (nSPS) is 20.6. The van der Waals surface area contributed by atoms with Crippen LogP contribution in [0.3, 0.4) is 0 Å². The van der Waals surface area contributed by atoms with Gasteiger partial charge in [0.1, 0.15) is 5.00 Å². The number of esters is 1. The van der Waals surface area contributed by atoms with Crippen molar-refractivity contribution >= 4 is 28.2 Å². The Bertz CT molecular complexity index is 1120. The van der Waals surface area contributed by atoms with Crippen molar-refractivity contribution in [2.45, 2.75) is 52.6 Å². The molecule has 1 fully saturated rings. The molecule has 2 aliphatic heterocycles. The summed E-state index contributed by atoms with van der Waals surface area (Å²) in [6.07, 6.45) is 2.86. The Kier molecular flexibility index (Phi) is 7.50. The molecule has 9 heteroatoms. The number of anilines is 1. The van der Waals surface area contributed by atoms with Crippen molar-refractivity contribution in [3.05, 3.63) is 39.8 Å². The average molecular weight is 514 g/mol. The lowest BCUT2D eigenvalue weighted by atomic mass is 9.88. The number of carbonyl (C=O) groups excluding carboxylic acids is 2. The predicted molar refractivity (Wildman–Crippen MR) is 139 cm³/mol. The van der Waals surface area contributed by atoms with Crippen LogP contribution < -0.4 is 14.8 Å². The molecule has 194 valence electrons. The van der Waals surface area contributed by atoms with Gasteiger partial charge in [0.15, 0.2) is 11.5 Å². The zero-order valence-corrected chi connectivity index (χ0v) is 22.1. The molecule has 2 aromatic rings. The highest BCUT2D eigenvalue weighted by Crippen LogP contribution is 2.40. The first-order chi connectivity index (χ1) is 17.4. The molecule has 2 atom stereocenters.